The van der Waals surface area contributed by atoms with Gasteiger partial charge in [0.05, 0.1) is 6.10 Å². The van der Waals surface area contributed by atoms with Crippen LogP contribution in [0.25, 0.3) is 0 Å². The van der Waals surface area contributed by atoms with Gasteiger partial charge in [-0.3, -0.25) is 4.79 Å². The van der Waals surface area contributed by atoms with E-state index < -0.39 is 5.91 Å². The Hall–Kier alpha value is -1.62. The van der Waals surface area contributed by atoms with Crippen LogP contribution in [-0.4, -0.2) is 35.8 Å². The van der Waals surface area contributed by atoms with Gasteiger partial charge in [0.1, 0.15) is 5.75 Å². The van der Waals surface area contributed by atoms with Crippen molar-refractivity contribution in [3.63, 3.8) is 0 Å². The largest absolute Gasteiger partial charge is 0.505 e. The van der Waals surface area contributed by atoms with Crippen molar-refractivity contribution < 1.29 is 14.6 Å². The molecular weight excluding hydrogens is 196 g/mol. The normalized spacial score (nSPS) is 12.1. The summed E-state index contributed by atoms with van der Waals surface area (Å²) in [5, 5.41) is 12.0. The molecule has 1 heterocycles. The fourth-order valence-corrected chi connectivity index (χ4v) is 0.975. The van der Waals surface area contributed by atoms with E-state index in [2.05, 4.69) is 10.3 Å². The molecule has 1 atom stereocenters. The number of pyridine rings is 1. The standard InChI is InChI=1S/C10H14N2O3/c1-7(15-2)6-12-10(14)9-8(13)4-3-5-11-9/h3-5,7,13H,6H2,1-2H3,(H,12,14). The zero-order chi connectivity index (χ0) is 11.3. The van der Waals surface area contributed by atoms with Gasteiger partial charge in [-0.05, 0) is 19.1 Å². The maximum atomic E-state index is 11.5. The van der Waals surface area contributed by atoms with Crippen LogP contribution >= 0.6 is 0 Å². The molecule has 0 saturated heterocycles. The number of carbonyl (C=O) groups is 1. The number of amides is 1. The van der Waals surface area contributed by atoms with Crippen LogP contribution in [0, 0.1) is 0 Å². The second kappa shape index (κ2) is 5.31. The molecule has 2 N–H and O–H groups in total. The summed E-state index contributed by atoms with van der Waals surface area (Å²) in [6.45, 7) is 2.21. The van der Waals surface area contributed by atoms with Crippen molar-refractivity contribution in [2.45, 2.75) is 13.0 Å². The van der Waals surface area contributed by atoms with Crippen LogP contribution in [0.3, 0.4) is 0 Å². The maximum absolute atomic E-state index is 11.5. The van der Waals surface area contributed by atoms with E-state index in [0.717, 1.165) is 0 Å². The van der Waals surface area contributed by atoms with Crippen LogP contribution in [0.4, 0.5) is 0 Å². The Morgan fingerprint density at radius 3 is 3.07 bits per heavy atom. The number of carbonyl (C=O) groups excluding carboxylic acids is 1. The number of rotatable bonds is 4. The zero-order valence-electron chi connectivity index (χ0n) is 8.73. The predicted octanol–water partition coefficient (Wildman–Crippen LogP) is 0.552. The Labute approximate surface area is 88.1 Å². The molecule has 0 aliphatic heterocycles. The first-order valence-electron chi connectivity index (χ1n) is 4.60. The molecule has 1 amide bonds. The third-order valence-electron chi connectivity index (χ3n) is 1.95. The number of hydrogen-bond acceptors (Lipinski definition) is 4. The number of aromatic hydroxyl groups is 1. The number of methoxy groups -OCH3 is 1. The molecule has 5 heteroatoms. The molecule has 1 unspecified atom stereocenters. The average molecular weight is 210 g/mol. The first-order chi connectivity index (χ1) is 7.15. The molecule has 0 saturated carbocycles. The second-order valence-electron chi connectivity index (χ2n) is 3.13. The smallest absolute Gasteiger partial charge is 0.273 e. The highest BCUT2D eigenvalue weighted by molar-refractivity contribution is 5.94. The van der Waals surface area contributed by atoms with Gasteiger partial charge in [0.15, 0.2) is 5.69 Å². The lowest BCUT2D eigenvalue weighted by Crippen LogP contribution is -2.32. The molecule has 0 aromatic carbocycles. The van der Waals surface area contributed by atoms with Gasteiger partial charge >= 0.3 is 0 Å². The van der Waals surface area contributed by atoms with Crippen molar-refractivity contribution >= 4 is 5.91 Å². The molecule has 0 spiro atoms. The summed E-state index contributed by atoms with van der Waals surface area (Å²) < 4.78 is 4.97. The first kappa shape index (κ1) is 11.5. The van der Waals surface area contributed by atoms with Gasteiger partial charge in [0, 0.05) is 19.9 Å². The highest BCUT2D eigenvalue weighted by Crippen LogP contribution is 2.11. The SMILES string of the molecule is COC(C)CNC(=O)c1ncccc1O. The third kappa shape index (κ3) is 3.21. The van der Waals surface area contributed by atoms with Crippen molar-refractivity contribution in [1.29, 1.82) is 0 Å². The highest BCUT2D eigenvalue weighted by atomic mass is 16.5. The molecule has 1 aromatic rings. The van der Waals surface area contributed by atoms with Crippen LogP contribution in [0.5, 0.6) is 5.75 Å². The Morgan fingerprint density at radius 1 is 1.73 bits per heavy atom. The van der Waals surface area contributed by atoms with Crippen molar-refractivity contribution in [2.75, 3.05) is 13.7 Å². The predicted molar refractivity (Wildman–Crippen MR) is 54.7 cm³/mol. The zero-order valence-corrected chi connectivity index (χ0v) is 8.73. The summed E-state index contributed by atoms with van der Waals surface area (Å²) in [6.07, 6.45) is 1.38. The van der Waals surface area contributed by atoms with Gasteiger partial charge in [-0.1, -0.05) is 0 Å². The van der Waals surface area contributed by atoms with Gasteiger partial charge in [-0.2, -0.15) is 0 Å². The number of nitrogens with zero attached hydrogens (tertiary/aromatic N) is 1. The van der Waals surface area contributed by atoms with E-state index in [0.29, 0.717) is 6.54 Å². The molecule has 0 aliphatic rings. The number of nitrogens with one attached hydrogen (secondary N) is 1. The van der Waals surface area contributed by atoms with Crippen LogP contribution in [0.1, 0.15) is 17.4 Å². The van der Waals surface area contributed by atoms with E-state index in [-0.39, 0.29) is 17.5 Å². The Balaban J connectivity index is 2.58. The number of aromatic nitrogens is 1. The minimum absolute atomic E-state index is 0.0285. The summed E-state index contributed by atoms with van der Waals surface area (Å²) in [7, 11) is 1.56. The molecule has 0 bridgehead atoms. The van der Waals surface area contributed by atoms with E-state index in [1.54, 1.807) is 13.2 Å². The van der Waals surface area contributed by atoms with Crippen LogP contribution in [0.15, 0.2) is 18.3 Å². The maximum Gasteiger partial charge on any atom is 0.273 e. The van der Waals surface area contributed by atoms with Crippen molar-refractivity contribution in [3.05, 3.63) is 24.0 Å². The molecule has 0 aliphatic carbocycles. The first-order valence-corrected chi connectivity index (χ1v) is 4.60. The molecule has 0 fully saturated rings. The lowest BCUT2D eigenvalue weighted by molar-refractivity contribution is 0.0863. The molecular formula is C10H14N2O3. The Bertz CT molecular complexity index is 341. The van der Waals surface area contributed by atoms with Crippen molar-refractivity contribution in [2.24, 2.45) is 0 Å². The van der Waals surface area contributed by atoms with Gasteiger partial charge in [0.25, 0.3) is 5.91 Å². The van der Waals surface area contributed by atoms with E-state index >= 15 is 0 Å². The quantitative estimate of drug-likeness (QED) is 0.761. The average Bonchev–Trinajstić information content (AvgIpc) is 2.26. The van der Waals surface area contributed by atoms with Crippen LogP contribution in [0.2, 0.25) is 0 Å². The number of hydrogen-bond donors (Lipinski definition) is 2. The van der Waals surface area contributed by atoms with E-state index in [4.69, 9.17) is 4.74 Å². The van der Waals surface area contributed by atoms with Gasteiger partial charge in [-0.15, -0.1) is 0 Å². The van der Waals surface area contributed by atoms with Crippen molar-refractivity contribution in [3.8, 4) is 5.75 Å². The summed E-state index contributed by atoms with van der Waals surface area (Å²) >= 11 is 0. The van der Waals surface area contributed by atoms with Gasteiger partial charge in [0.2, 0.25) is 0 Å². The van der Waals surface area contributed by atoms with E-state index in [1.165, 1.54) is 12.3 Å². The molecule has 82 valence electrons. The highest BCUT2D eigenvalue weighted by Gasteiger charge is 2.12. The summed E-state index contributed by atoms with van der Waals surface area (Å²) in [6, 6.07) is 2.98. The van der Waals surface area contributed by atoms with Crippen LogP contribution in [-0.2, 0) is 4.74 Å². The fraction of sp³-hybridized carbons (Fsp3) is 0.400. The molecule has 1 aromatic heterocycles. The van der Waals surface area contributed by atoms with E-state index in [1.807, 2.05) is 6.92 Å². The van der Waals surface area contributed by atoms with E-state index in [9.17, 15) is 9.90 Å². The molecule has 0 radical (unpaired) electrons. The van der Waals surface area contributed by atoms with Gasteiger partial charge < -0.3 is 15.2 Å². The minimum atomic E-state index is -0.406. The number of ether oxygens (including phenoxy) is 1. The topological polar surface area (TPSA) is 71.5 Å². The lowest BCUT2D eigenvalue weighted by atomic mass is 10.3. The van der Waals surface area contributed by atoms with Gasteiger partial charge in [-0.25, -0.2) is 4.98 Å². The second-order valence-corrected chi connectivity index (χ2v) is 3.13. The fourth-order valence-electron chi connectivity index (χ4n) is 0.975. The summed E-state index contributed by atoms with van der Waals surface area (Å²) in [5.41, 5.74) is 0.0285. The van der Waals surface area contributed by atoms with Crippen LogP contribution < -0.4 is 5.32 Å². The monoisotopic (exact) mass is 210 g/mol. The molecule has 5 nitrogen and oxygen atoms in total. The summed E-state index contributed by atoms with van der Waals surface area (Å²) in [4.78, 5) is 15.3. The third-order valence-corrected chi connectivity index (χ3v) is 1.95. The Kier molecular flexibility index (Phi) is 4.05. The Morgan fingerprint density at radius 2 is 2.47 bits per heavy atom. The summed E-state index contributed by atoms with van der Waals surface area (Å²) in [5.74, 6) is -0.530. The minimum Gasteiger partial charge on any atom is -0.505 e. The molecule has 15 heavy (non-hydrogen) atoms. The van der Waals surface area contributed by atoms with Crippen molar-refractivity contribution in [1.82, 2.24) is 10.3 Å². The molecule has 1 rings (SSSR count). The lowest BCUT2D eigenvalue weighted by Gasteiger charge is -2.10.